The van der Waals surface area contributed by atoms with Gasteiger partial charge in [0, 0.05) is 28.7 Å². The summed E-state index contributed by atoms with van der Waals surface area (Å²) in [5, 5.41) is 0. The highest BCUT2D eigenvalue weighted by Gasteiger charge is 2.31. The van der Waals surface area contributed by atoms with E-state index in [0.29, 0.717) is 53.8 Å². The van der Waals surface area contributed by atoms with E-state index in [9.17, 15) is 8.78 Å². The van der Waals surface area contributed by atoms with Gasteiger partial charge in [-0.2, -0.15) is 0 Å². The Morgan fingerprint density at radius 2 is 0.868 bits per heavy atom. The molecule has 4 nitrogen and oxygen atoms in total. The predicted octanol–water partition coefficient (Wildman–Crippen LogP) is 13.8. The van der Waals surface area contributed by atoms with E-state index in [0.717, 1.165) is 42.2 Å². The summed E-state index contributed by atoms with van der Waals surface area (Å²) in [6.07, 6.45) is 2.47. The van der Waals surface area contributed by atoms with Crippen molar-refractivity contribution in [3.05, 3.63) is 90.6 Å². The number of halogens is 4. The monoisotopic (exact) mass is 952 g/mol. The second kappa shape index (κ2) is 17.0. The molecule has 0 aromatic heterocycles. The van der Waals surface area contributed by atoms with Crippen molar-refractivity contribution < 1.29 is 27.7 Å². The summed E-state index contributed by atoms with van der Waals surface area (Å²) in [6, 6.07) is 17.7. The molecule has 0 fully saturated rings. The quantitative estimate of drug-likeness (QED) is 0.0932. The molecule has 0 bridgehead atoms. The van der Waals surface area contributed by atoms with E-state index in [1.54, 1.807) is 26.4 Å². The lowest BCUT2D eigenvalue weighted by Crippen LogP contribution is -2.25. The van der Waals surface area contributed by atoms with E-state index in [2.05, 4.69) is 139 Å². The fourth-order valence-electron chi connectivity index (χ4n) is 7.74. The van der Waals surface area contributed by atoms with Gasteiger partial charge in [-0.25, -0.2) is 8.78 Å². The smallest absolute Gasteiger partial charge is 0.140 e. The molecule has 4 aromatic rings. The van der Waals surface area contributed by atoms with Gasteiger partial charge in [0.15, 0.2) is 0 Å². The van der Waals surface area contributed by atoms with Gasteiger partial charge in [-0.15, -0.1) is 0 Å². The summed E-state index contributed by atoms with van der Waals surface area (Å²) in [7, 11) is 3.28. The molecule has 4 aromatic carbocycles. The number of ether oxygens (including phenoxy) is 4. The van der Waals surface area contributed by atoms with Crippen molar-refractivity contribution in [2.45, 2.75) is 99.3 Å². The first kappa shape index (κ1) is 43.1. The van der Waals surface area contributed by atoms with Crippen LogP contribution in [-0.2, 0) is 10.8 Å². The number of benzene rings is 4. The van der Waals surface area contributed by atoms with Gasteiger partial charge in [0.05, 0.1) is 34.6 Å². The van der Waals surface area contributed by atoms with Gasteiger partial charge in [-0.1, -0.05) is 69.2 Å². The summed E-state index contributed by atoms with van der Waals surface area (Å²) in [5.74, 6) is 1.77. The zero-order valence-electron chi connectivity index (χ0n) is 33.5. The first-order valence-electron chi connectivity index (χ1n) is 18.2. The van der Waals surface area contributed by atoms with Gasteiger partial charge in [0.2, 0.25) is 0 Å². The van der Waals surface area contributed by atoms with Crippen molar-refractivity contribution in [2.75, 3.05) is 27.4 Å². The van der Waals surface area contributed by atoms with Crippen molar-refractivity contribution >= 4 is 45.2 Å². The van der Waals surface area contributed by atoms with Gasteiger partial charge >= 0.3 is 0 Å². The number of methoxy groups -OCH3 is 2. The molecule has 0 amide bonds. The summed E-state index contributed by atoms with van der Waals surface area (Å²) in [6.45, 7) is 23.1. The van der Waals surface area contributed by atoms with Gasteiger partial charge < -0.3 is 18.9 Å². The zero-order chi connectivity index (χ0) is 39.5. The van der Waals surface area contributed by atoms with Crippen LogP contribution in [0.2, 0.25) is 0 Å². The molecule has 0 aliphatic heterocycles. The largest absolute Gasteiger partial charge is 0.495 e. The van der Waals surface area contributed by atoms with Crippen molar-refractivity contribution in [1.82, 2.24) is 0 Å². The number of rotatable bonds is 14. The molecule has 4 rings (SSSR count). The molecule has 0 N–H and O–H groups in total. The molecule has 288 valence electrons. The molecule has 0 radical (unpaired) electrons. The Kier molecular flexibility index (Phi) is 13.9. The third kappa shape index (κ3) is 11.2. The molecule has 0 saturated heterocycles. The second-order valence-electron chi connectivity index (χ2n) is 17.7. The molecule has 0 aliphatic carbocycles. The Hall–Kier alpha value is -2.60. The summed E-state index contributed by atoms with van der Waals surface area (Å²) < 4.78 is 56.0. The van der Waals surface area contributed by atoms with Crippen molar-refractivity contribution in [3.8, 4) is 45.3 Å². The second-order valence-corrected chi connectivity index (χ2v) is 20.0. The minimum absolute atomic E-state index is 0.122. The van der Waals surface area contributed by atoms with Crippen LogP contribution in [0.5, 0.6) is 23.0 Å². The van der Waals surface area contributed by atoms with Crippen LogP contribution in [0, 0.1) is 29.6 Å². The zero-order valence-corrected chi connectivity index (χ0v) is 37.8. The van der Waals surface area contributed by atoms with E-state index in [4.69, 9.17) is 18.9 Å². The van der Waals surface area contributed by atoms with E-state index in [1.165, 1.54) is 24.3 Å². The normalized spacial score (nSPS) is 12.5. The van der Waals surface area contributed by atoms with Crippen LogP contribution in [-0.4, -0.2) is 27.4 Å². The molecule has 0 unspecified atom stereocenters. The SMILES string of the molecule is COc1c(I)cc(C(C)(C)CC(C)(C)C)cc1-c1cc(F)ccc1OCCCOc1ccc(F)cc1-c1cc(C(C)(C)CC(C)(C)C)cc(I)c1OC. The molecular formula is C45H56F2I2O4. The third-order valence-electron chi connectivity index (χ3n) is 9.27. The number of hydrogen-bond acceptors (Lipinski definition) is 4. The van der Waals surface area contributed by atoms with E-state index >= 15 is 0 Å². The molecule has 0 saturated carbocycles. The van der Waals surface area contributed by atoms with E-state index < -0.39 is 0 Å². The lowest BCUT2D eigenvalue weighted by Gasteiger charge is -2.34. The predicted molar refractivity (Wildman–Crippen MR) is 232 cm³/mol. The highest BCUT2D eigenvalue weighted by atomic mass is 127. The Balaban J connectivity index is 1.59. The summed E-state index contributed by atoms with van der Waals surface area (Å²) in [5.41, 5.74) is 5.13. The van der Waals surface area contributed by atoms with Crippen LogP contribution in [0.15, 0.2) is 60.7 Å². The van der Waals surface area contributed by atoms with Crippen molar-refractivity contribution in [3.63, 3.8) is 0 Å². The molecular weight excluding hydrogens is 896 g/mol. The Labute approximate surface area is 344 Å². The Morgan fingerprint density at radius 1 is 0.509 bits per heavy atom. The van der Waals surface area contributed by atoms with Crippen LogP contribution >= 0.6 is 45.2 Å². The van der Waals surface area contributed by atoms with Crippen molar-refractivity contribution in [2.24, 2.45) is 10.8 Å². The van der Waals surface area contributed by atoms with Gasteiger partial charge in [0.25, 0.3) is 0 Å². The lowest BCUT2D eigenvalue weighted by molar-refractivity contribution is 0.248. The Morgan fingerprint density at radius 3 is 1.19 bits per heavy atom. The summed E-state index contributed by atoms with van der Waals surface area (Å²) >= 11 is 4.60. The summed E-state index contributed by atoms with van der Waals surface area (Å²) in [4.78, 5) is 0. The average Bonchev–Trinajstić information content (AvgIpc) is 3.02. The maximum absolute atomic E-state index is 14.8. The molecule has 53 heavy (non-hydrogen) atoms. The molecule has 0 atom stereocenters. The standard InChI is InChI=1S/C45H56F2I2O4/c1-42(2,3)26-44(7,8)28-20-34(40(50-11)36(48)22-28)32-24-30(46)14-16-38(32)52-18-13-19-53-39-17-15-31(47)25-33(39)35-21-29(23-37(49)41(35)51-12)45(9,10)27-43(4,5)6/h14-17,20-25H,13,18-19,26-27H2,1-12H3. The molecule has 0 heterocycles. The minimum atomic E-state index is -0.355. The maximum atomic E-state index is 14.8. The third-order valence-corrected chi connectivity index (χ3v) is 10.9. The topological polar surface area (TPSA) is 36.9 Å². The van der Waals surface area contributed by atoms with Crippen LogP contribution in [0.3, 0.4) is 0 Å². The Bertz CT molecular complexity index is 1770. The first-order chi connectivity index (χ1) is 24.5. The van der Waals surface area contributed by atoms with Crippen molar-refractivity contribution in [1.29, 1.82) is 0 Å². The highest BCUT2D eigenvalue weighted by molar-refractivity contribution is 14.1. The molecule has 0 spiro atoms. The van der Waals surface area contributed by atoms with E-state index in [1.807, 2.05) is 0 Å². The van der Waals surface area contributed by atoms with Gasteiger partial charge in [-0.3, -0.25) is 0 Å². The fraction of sp³-hybridized carbons (Fsp3) is 0.467. The van der Waals surface area contributed by atoms with Crippen LogP contribution in [0.4, 0.5) is 8.78 Å². The highest BCUT2D eigenvalue weighted by Crippen LogP contribution is 2.46. The van der Waals surface area contributed by atoms with Gasteiger partial charge in [0.1, 0.15) is 34.6 Å². The fourth-order valence-corrected chi connectivity index (χ4v) is 9.43. The lowest BCUT2D eigenvalue weighted by atomic mass is 9.72. The number of hydrogen-bond donors (Lipinski definition) is 0. The van der Waals surface area contributed by atoms with Crippen LogP contribution in [0.25, 0.3) is 22.3 Å². The molecule has 8 heteroatoms. The van der Waals surface area contributed by atoms with E-state index in [-0.39, 0.29) is 33.3 Å². The van der Waals surface area contributed by atoms with Gasteiger partial charge in [-0.05, 0) is 151 Å². The van der Waals surface area contributed by atoms with Crippen LogP contribution < -0.4 is 18.9 Å². The van der Waals surface area contributed by atoms with Crippen LogP contribution in [0.1, 0.15) is 99.6 Å². The maximum Gasteiger partial charge on any atom is 0.140 e. The molecule has 0 aliphatic rings. The minimum Gasteiger partial charge on any atom is -0.495 e. The average molecular weight is 953 g/mol. The first-order valence-corrected chi connectivity index (χ1v) is 20.3.